The smallest absolute Gasteiger partial charge is 0.449 e. The number of benzene rings is 3. The molecular formula is C24H23FN2O5S. The van der Waals surface area contributed by atoms with Gasteiger partial charge in [-0.05, 0) is 65.4 Å². The minimum atomic E-state index is -4.00. The number of para-hydroxylation sites is 1. The zero-order chi connectivity index (χ0) is 23.8. The summed E-state index contributed by atoms with van der Waals surface area (Å²) in [5.41, 5.74) is 2.46. The average molecular weight is 471 g/mol. The fourth-order valence-electron chi connectivity index (χ4n) is 4.14. The molecule has 172 valence electrons. The van der Waals surface area contributed by atoms with Gasteiger partial charge in [0.25, 0.3) is 10.0 Å². The monoisotopic (exact) mass is 470 g/mol. The Balaban J connectivity index is 1.68. The largest absolute Gasteiger partial charge is 0.511 e. The summed E-state index contributed by atoms with van der Waals surface area (Å²) in [7, 11) is -4.00. The van der Waals surface area contributed by atoms with E-state index >= 15 is 0 Å². The molecule has 7 nitrogen and oxygen atoms in total. The first kappa shape index (κ1) is 22.6. The molecule has 0 saturated carbocycles. The van der Waals surface area contributed by atoms with E-state index in [1.807, 2.05) is 26.0 Å². The molecule has 33 heavy (non-hydrogen) atoms. The van der Waals surface area contributed by atoms with Crippen molar-refractivity contribution in [2.24, 2.45) is 5.41 Å². The summed E-state index contributed by atoms with van der Waals surface area (Å²) >= 11 is 0. The number of anilines is 2. The maximum Gasteiger partial charge on any atom is 0.511 e. The highest BCUT2D eigenvalue weighted by atomic mass is 32.2. The average Bonchev–Trinajstić information content (AvgIpc) is 2.72. The molecule has 1 aliphatic rings. The van der Waals surface area contributed by atoms with Crippen molar-refractivity contribution >= 4 is 27.6 Å². The number of sulfonamides is 1. The van der Waals surface area contributed by atoms with Gasteiger partial charge in [-0.15, -0.1) is 0 Å². The van der Waals surface area contributed by atoms with Crippen molar-refractivity contribution in [2.75, 3.05) is 10.0 Å². The second kappa shape index (κ2) is 8.40. The van der Waals surface area contributed by atoms with Gasteiger partial charge in [-0.3, -0.25) is 4.72 Å². The van der Waals surface area contributed by atoms with E-state index in [0.29, 0.717) is 12.1 Å². The molecule has 0 fully saturated rings. The number of hydrogen-bond acceptors (Lipinski definition) is 5. The Kier molecular flexibility index (Phi) is 5.75. The van der Waals surface area contributed by atoms with E-state index in [0.717, 1.165) is 22.9 Å². The predicted octanol–water partition coefficient (Wildman–Crippen LogP) is 5.42. The maximum absolute atomic E-state index is 13.6. The van der Waals surface area contributed by atoms with Crippen LogP contribution in [-0.4, -0.2) is 19.7 Å². The van der Waals surface area contributed by atoms with Gasteiger partial charge in [0, 0.05) is 5.69 Å². The van der Waals surface area contributed by atoms with E-state index in [2.05, 4.69) is 10.0 Å². The lowest BCUT2D eigenvalue weighted by Crippen LogP contribution is -2.35. The van der Waals surface area contributed by atoms with Crippen molar-refractivity contribution in [3.05, 3.63) is 83.7 Å². The second-order valence-electron chi connectivity index (χ2n) is 8.58. The number of ether oxygens (including phenoxy) is 1. The Labute approximate surface area is 191 Å². The van der Waals surface area contributed by atoms with Gasteiger partial charge in [-0.25, -0.2) is 17.6 Å². The van der Waals surface area contributed by atoms with E-state index in [4.69, 9.17) is 9.84 Å². The topological polar surface area (TPSA) is 105 Å². The summed E-state index contributed by atoms with van der Waals surface area (Å²) in [6, 6.07) is 16.6. The minimum Gasteiger partial charge on any atom is -0.449 e. The van der Waals surface area contributed by atoms with E-state index in [-0.39, 0.29) is 22.1 Å². The second-order valence-corrected chi connectivity index (χ2v) is 10.3. The number of carboxylic acid groups (broad SMARTS) is 1. The first-order chi connectivity index (χ1) is 15.5. The lowest BCUT2D eigenvalue weighted by atomic mass is 9.72. The lowest BCUT2D eigenvalue weighted by molar-refractivity contribution is 0.144. The highest BCUT2D eigenvalue weighted by molar-refractivity contribution is 7.92. The quantitative estimate of drug-likeness (QED) is 0.340. The number of fused-ring (bicyclic) bond motifs is 1. The standard InChI is InChI=1S/C24H23FN2O5S/c1-24(2)14-15-12-17(32-23(28)29)10-11-20(15)26-22(24)19-8-3-4-9-21(19)27-33(30,31)18-7-5-6-16(25)13-18/h3-13,22,26-27H,14H2,1-2H3,(H,28,29). The van der Waals surface area contributed by atoms with Gasteiger partial charge < -0.3 is 15.2 Å². The third-order valence-electron chi connectivity index (χ3n) is 5.63. The van der Waals surface area contributed by atoms with Crippen molar-refractivity contribution in [2.45, 2.75) is 31.2 Å². The number of carbonyl (C=O) groups is 1. The Morgan fingerprint density at radius 2 is 1.88 bits per heavy atom. The maximum atomic E-state index is 13.6. The van der Waals surface area contributed by atoms with Gasteiger partial charge in [0.05, 0.1) is 16.6 Å². The molecule has 0 aromatic heterocycles. The fourth-order valence-corrected chi connectivity index (χ4v) is 5.26. The van der Waals surface area contributed by atoms with Gasteiger partial charge in [0.2, 0.25) is 0 Å². The normalized spacial score (nSPS) is 16.9. The predicted molar refractivity (Wildman–Crippen MR) is 123 cm³/mol. The van der Waals surface area contributed by atoms with Crippen molar-refractivity contribution in [1.29, 1.82) is 0 Å². The number of hydrogen-bond donors (Lipinski definition) is 3. The molecule has 0 spiro atoms. The minimum absolute atomic E-state index is 0.163. The molecule has 0 amide bonds. The van der Waals surface area contributed by atoms with Gasteiger partial charge >= 0.3 is 6.16 Å². The summed E-state index contributed by atoms with van der Waals surface area (Å²) in [5, 5.41) is 12.3. The highest BCUT2D eigenvalue weighted by Crippen LogP contribution is 2.47. The van der Waals surface area contributed by atoms with E-state index in [1.54, 1.807) is 30.3 Å². The molecule has 3 aromatic carbocycles. The molecule has 0 bridgehead atoms. The Morgan fingerprint density at radius 1 is 1.12 bits per heavy atom. The van der Waals surface area contributed by atoms with Crippen LogP contribution in [0.5, 0.6) is 5.75 Å². The van der Waals surface area contributed by atoms with Crippen LogP contribution >= 0.6 is 0 Å². The molecule has 0 aliphatic carbocycles. The Bertz CT molecular complexity index is 1320. The highest BCUT2D eigenvalue weighted by Gasteiger charge is 2.37. The summed E-state index contributed by atoms with van der Waals surface area (Å²) in [6.07, 6.45) is -0.780. The molecule has 1 heterocycles. The van der Waals surface area contributed by atoms with Crippen LogP contribution in [0.3, 0.4) is 0 Å². The number of rotatable bonds is 5. The van der Waals surface area contributed by atoms with Gasteiger partial charge in [-0.2, -0.15) is 0 Å². The summed E-state index contributed by atoms with van der Waals surface area (Å²) < 4.78 is 46.8. The van der Waals surface area contributed by atoms with Crippen molar-refractivity contribution in [3.63, 3.8) is 0 Å². The fraction of sp³-hybridized carbons (Fsp3) is 0.208. The van der Waals surface area contributed by atoms with Crippen molar-refractivity contribution in [1.82, 2.24) is 0 Å². The molecule has 3 aromatic rings. The Hall–Kier alpha value is -3.59. The Morgan fingerprint density at radius 3 is 2.61 bits per heavy atom. The van der Waals surface area contributed by atoms with Crippen LogP contribution in [-0.2, 0) is 16.4 Å². The molecule has 1 unspecified atom stereocenters. The van der Waals surface area contributed by atoms with Crippen LogP contribution < -0.4 is 14.8 Å². The van der Waals surface area contributed by atoms with Crippen LogP contribution in [0.15, 0.2) is 71.6 Å². The van der Waals surface area contributed by atoms with Crippen molar-refractivity contribution in [3.8, 4) is 5.75 Å². The van der Waals surface area contributed by atoms with Gasteiger partial charge in [0.1, 0.15) is 11.6 Å². The first-order valence-electron chi connectivity index (χ1n) is 10.2. The van der Waals surface area contributed by atoms with Crippen LogP contribution in [0.1, 0.15) is 31.0 Å². The van der Waals surface area contributed by atoms with E-state index < -0.39 is 22.0 Å². The first-order valence-corrected chi connectivity index (χ1v) is 11.7. The lowest BCUT2D eigenvalue weighted by Gasteiger charge is -2.42. The van der Waals surface area contributed by atoms with E-state index in [1.165, 1.54) is 18.2 Å². The summed E-state index contributed by atoms with van der Waals surface area (Å²) in [6.45, 7) is 4.08. The number of nitrogens with one attached hydrogen (secondary N) is 2. The molecule has 0 radical (unpaired) electrons. The number of halogens is 1. The van der Waals surface area contributed by atoms with Crippen LogP contribution in [0.25, 0.3) is 0 Å². The van der Waals surface area contributed by atoms with Gasteiger partial charge in [-0.1, -0.05) is 38.1 Å². The molecular weight excluding hydrogens is 447 g/mol. The molecule has 9 heteroatoms. The third kappa shape index (κ3) is 4.78. The van der Waals surface area contributed by atoms with Crippen LogP contribution in [0, 0.1) is 11.2 Å². The van der Waals surface area contributed by atoms with Crippen molar-refractivity contribution < 1.29 is 27.4 Å². The SMILES string of the molecule is CC1(C)Cc2cc(OC(=O)O)ccc2NC1c1ccccc1NS(=O)(=O)c1cccc(F)c1. The van der Waals surface area contributed by atoms with E-state index in [9.17, 15) is 17.6 Å². The van der Waals surface area contributed by atoms with Crippen LogP contribution in [0.4, 0.5) is 20.6 Å². The summed E-state index contributed by atoms with van der Waals surface area (Å²) in [4.78, 5) is 10.7. The molecule has 0 saturated heterocycles. The molecule has 4 rings (SSSR count). The molecule has 3 N–H and O–H groups in total. The third-order valence-corrected chi connectivity index (χ3v) is 6.99. The van der Waals surface area contributed by atoms with Gasteiger partial charge in [0.15, 0.2) is 0 Å². The molecule has 1 aliphatic heterocycles. The summed E-state index contributed by atoms with van der Waals surface area (Å²) in [5.74, 6) is -0.398. The molecule has 1 atom stereocenters. The zero-order valence-corrected chi connectivity index (χ0v) is 18.8. The van der Waals surface area contributed by atoms with Crippen LogP contribution in [0.2, 0.25) is 0 Å². The zero-order valence-electron chi connectivity index (χ0n) is 18.0.